The summed E-state index contributed by atoms with van der Waals surface area (Å²) in [5.74, 6) is 1.73. The maximum atomic E-state index is 12.7. The van der Waals surface area contributed by atoms with Crippen molar-refractivity contribution in [3.63, 3.8) is 0 Å². The summed E-state index contributed by atoms with van der Waals surface area (Å²) in [6.07, 6.45) is 16.9. The van der Waals surface area contributed by atoms with Crippen molar-refractivity contribution in [3.05, 3.63) is 58.9 Å². The van der Waals surface area contributed by atoms with E-state index >= 15 is 0 Å². The van der Waals surface area contributed by atoms with E-state index < -0.39 is 0 Å². The normalized spacial score (nSPS) is 21.9. The molecule has 2 heterocycles. The average molecular weight is 473 g/mol. The molecular weight excluding hydrogens is 432 g/mol. The minimum absolute atomic E-state index is 0.355. The lowest BCUT2D eigenvalue weighted by molar-refractivity contribution is -0.119. The first kappa shape index (κ1) is 24.2. The van der Waals surface area contributed by atoms with E-state index in [1.165, 1.54) is 41.6 Å². The number of hydrogen-bond donors (Lipinski definition) is 0. The second kappa shape index (κ2) is 11.5. The van der Waals surface area contributed by atoms with Gasteiger partial charge in [-0.15, -0.1) is 0 Å². The molecule has 0 bridgehead atoms. The van der Waals surface area contributed by atoms with Crippen LogP contribution in [-0.4, -0.2) is 52.9 Å². The third-order valence-corrected chi connectivity index (χ3v) is 8.33. The fraction of sp³-hybridized carbons (Fsp3) is 0.567. The number of Topliss-reactive ketones (excluding diaryl/α,β-unsaturated/α-hetero) is 1. The topological polar surface area (TPSA) is 49.3 Å². The van der Waals surface area contributed by atoms with Gasteiger partial charge in [0.2, 0.25) is 5.95 Å². The van der Waals surface area contributed by atoms with Crippen LogP contribution in [0.5, 0.6) is 0 Å². The molecule has 35 heavy (non-hydrogen) atoms. The lowest BCUT2D eigenvalue weighted by Gasteiger charge is -2.43. The van der Waals surface area contributed by atoms with Crippen molar-refractivity contribution in [2.75, 3.05) is 31.1 Å². The Hall–Kier alpha value is -2.53. The first-order chi connectivity index (χ1) is 17.2. The summed E-state index contributed by atoms with van der Waals surface area (Å²) < 4.78 is 0. The van der Waals surface area contributed by atoms with E-state index in [1.807, 2.05) is 12.1 Å². The number of fused-ring (bicyclic) bond motifs is 1. The molecule has 2 aromatic rings. The van der Waals surface area contributed by atoms with E-state index in [1.54, 1.807) is 0 Å². The molecule has 0 radical (unpaired) electrons. The molecule has 2 aliphatic carbocycles. The van der Waals surface area contributed by atoms with Crippen molar-refractivity contribution < 1.29 is 4.79 Å². The summed E-state index contributed by atoms with van der Waals surface area (Å²) in [6.45, 7) is 6.43. The standard InChI is InChI=1S/C30H40N4O/c1-23-7-2-3-9-25(23)10-5-14-28(35)21-24-8-4-11-26-22-31-30(32-29(26)16-15-24)34-19-17-33(18-20-34)27-12-6-13-27/h2-3,5,7,9-10,22,24,27H,4,6,8,11-21H2,1H3/b10-5+/t24-/m0/s1. The number of rotatable bonds is 7. The van der Waals surface area contributed by atoms with E-state index in [2.05, 4.69) is 47.2 Å². The van der Waals surface area contributed by atoms with Crippen molar-refractivity contribution >= 4 is 17.8 Å². The van der Waals surface area contributed by atoms with E-state index in [4.69, 9.17) is 9.97 Å². The highest BCUT2D eigenvalue weighted by Crippen LogP contribution is 2.28. The van der Waals surface area contributed by atoms with Gasteiger partial charge in [-0.05, 0) is 74.5 Å². The Morgan fingerprint density at radius 3 is 2.63 bits per heavy atom. The number of nitrogens with zero attached hydrogens (tertiary/aromatic N) is 4. The largest absolute Gasteiger partial charge is 0.338 e. The molecule has 186 valence electrons. The van der Waals surface area contributed by atoms with E-state index in [-0.39, 0.29) is 0 Å². The summed E-state index contributed by atoms with van der Waals surface area (Å²) in [7, 11) is 0. The van der Waals surface area contributed by atoms with Gasteiger partial charge < -0.3 is 4.90 Å². The van der Waals surface area contributed by atoms with Crippen LogP contribution in [0.2, 0.25) is 0 Å². The molecule has 1 aromatic carbocycles. The quantitative estimate of drug-likeness (QED) is 0.539. The minimum Gasteiger partial charge on any atom is -0.338 e. The molecule has 5 nitrogen and oxygen atoms in total. The van der Waals surface area contributed by atoms with Crippen LogP contribution in [0, 0.1) is 12.8 Å². The summed E-state index contributed by atoms with van der Waals surface area (Å²) in [4.78, 5) is 27.5. The van der Waals surface area contributed by atoms with Gasteiger partial charge in [0.1, 0.15) is 5.78 Å². The molecule has 3 aliphatic rings. The summed E-state index contributed by atoms with van der Waals surface area (Å²) in [6, 6.07) is 9.14. The molecule has 1 aliphatic heterocycles. The molecule has 0 spiro atoms. The first-order valence-corrected chi connectivity index (χ1v) is 13.7. The summed E-state index contributed by atoms with van der Waals surface area (Å²) >= 11 is 0. The molecule has 5 heteroatoms. The highest BCUT2D eigenvalue weighted by atomic mass is 16.1. The van der Waals surface area contributed by atoms with Crippen molar-refractivity contribution in [2.24, 2.45) is 5.92 Å². The number of carbonyl (C=O) groups is 1. The van der Waals surface area contributed by atoms with Gasteiger partial charge in [-0.3, -0.25) is 9.69 Å². The van der Waals surface area contributed by atoms with Crippen molar-refractivity contribution in [1.29, 1.82) is 0 Å². The van der Waals surface area contributed by atoms with Crippen LogP contribution in [0.15, 0.2) is 36.5 Å². The zero-order valence-electron chi connectivity index (χ0n) is 21.3. The van der Waals surface area contributed by atoms with Gasteiger partial charge >= 0.3 is 0 Å². The second-order valence-electron chi connectivity index (χ2n) is 10.8. The smallest absolute Gasteiger partial charge is 0.225 e. The van der Waals surface area contributed by atoms with Gasteiger partial charge in [0.25, 0.3) is 0 Å². The number of ketones is 1. The lowest BCUT2D eigenvalue weighted by Crippen LogP contribution is -2.52. The Bertz CT molecular complexity index is 1040. The summed E-state index contributed by atoms with van der Waals surface area (Å²) in [5, 5.41) is 0. The lowest BCUT2D eigenvalue weighted by atomic mass is 9.86. The minimum atomic E-state index is 0.355. The Morgan fingerprint density at radius 1 is 1.03 bits per heavy atom. The molecule has 1 aromatic heterocycles. The zero-order valence-corrected chi connectivity index (χ0v) is 21.3. The Balaban J connectivity index is 1.13. The van der Waals surface area contributed by atoms with Crippen LogP contribution in [0.3, 0.4) is 0 Å². The molecular formula is C30H40N4O. The van der Waals surface area contributed by atoms with E-state index in [0.29, 0.717) is 24.5 Å². The number of piperazine rings is 1. The fourth-order valence-corrected chi connectivity index (χ4v) is 5.82. The maximum absolute atomic E-state index is 12.7. The van der Waals surface area contributed by atoms with Gasteiger partial charge in [0.05, 0.1) is 0 Å². The fourth-order valence-electron chi connectivity index (χ4n) is 5.82. The van der Waals surface area contributed by atoms with Crippen LogP contribution < -0.4 is 4.90 Å². The Kier molecular flexibility index (Phi) is 7.92. The molecule has 0 amide bonds. The number of benzene rings is 1. The molecule has 1 saturated heterocycles. The highest BCUT2D eigenvalue weighted by molar-refractivity contribution is 5.81. The molecule has 1 atom stereocenters. The summed E-state index contributed by atoms with van der Waals surface area (Å²) in [5.41, 5.74) is 4.97. The van der Waals surface area contributed by atoms with Gasteiger partial charge in [0.15, 0.2) is 0 Å². The number of aryl methyl sites for hydroxylation is 3. The van der Waals surface area contributed by atoms with Gasteiger partial charge in [-0.2, -0.15) is 0 Å². The molecule has 0 unspecified atom stereocenters. The predicted octanol–water partition coefficient (Wildman–Crippen LogP) is 5.41. The third kappa shape index (κ3) is 6.19. The molecule has 5 rings (SSSR count). The first-order valence-electron chi connectivity index (χ1n) is 13.7. The van der Waals surface area contributed by atoms with Gasteiger partial charge in [-0.1, -0.05) is 42.8 Å². The van der Waals surface area contributed by atoms with Crippen LogP contribution in [0.25, 0.3) is 6.08 Å². The number of hydrogen-bond acceptors (Lipinski definition) is 5. The van der Waals surface area contributed by atoms with Gasteiger partial charge in [-0.25, -0.2) is 9.97 Å². The predicted molar refractivity (Wildman–Crippen MR) is 143 cm³/mol. The maximum Gasteiger partial charge on any atom is 0.225 e. The SMILES string of the molecule is Cc1ccccc1/C=C/CC(=O)C[C@H]1CCCc2cnc(N3CCN(C4CCC4)CC3)nc2CC1. The second-order valence-corrected chi connectivity index (χ2v) is 10.8. The number of carbonyl (C=O) groups excluding carboxylic acids is 1. The molecule has 2 fully saturated rings. The van der Waals surface area contributed by atoms with Crippen LogP contribution >= 0.6 is 0 Å². The van der Waals surface area contributed by atoms with E-state index in [0.717, 1.165) is 70.3 Å². The third-order valence-electron chi connectivity index (χ3n) is 8.33. The van der Waals surface area contributed by atoms with Crippen molar-refractivity contribution in [3.8, 4) is 0 Å². The van der Waals surface area contributed by atoms with E-state index in [9.17, 15) is 4.79 Å². The van der Waals surface area contributed by atoms with Gasteiger partial charge in [0, 0.05) is 57.0 Å². The van der Waals surface area contributed by atoms with Crippen LogP contribution in [0.1, 0.15) is 73.8 Å². The highest BCUT2D eigenvalue weighted by Gasteiger charge is 2.29. The monoisotopic (exact) mass is 472 g/mol. The van der Waals surface area contributed by atoms with Crippen LogP contribution in [0.4, 0.5) is 5.95 Å². The molecule has 0 N–H and O–H groups in total. The Morgan fingerprint density at radius 2 is 1.86 bits per heavy atom. The Labute approximate surface area is 210 Å². The average Bonchev–Trinajstić information content (AvgIpc) is 2.82. The van der Waals surface area contributed by atoms with Crippen LogP contribution in [-0.2, 0) is 17.6 Å². The number of aromatic nitrogens is 2. The number of anilines is 1. The number of allylic oxidation sites excluding steroid dienone is 1. The van der Waals surface area contributed by atoms with Crippen molar-refractivity contribution in [1.82, 2.24) is 14.9 Å². The molecule has 1 saturated carbocycles. The zero-order chi connectivity index (χ0) is 24.0. The van der Waals surface area contributed by atoms with Crippen molar-refractivity contribution in [2.45, 2.75) is 77.2 Å².